The maximum Gasteiger partial charge on any atom is 0.439 e. The van der Waals surface area contributed by atoms with Crippen molar-refractivity contribution in [3.8, 4) is 22.8 Å². The Labute approximate surface area is 217 Å². The van der Waals surface area contributed by atoms with Crippen LogP contribution in [0.15, 0.2) is 45.1 Å². The highest BCUT2D eigenvalue weighted by Crippen LogP contribution is 2.53. The van der Waals surface area contributed by atoms with Crippen molar-refractivity contribution in [2.45, 2.75) is 58.0 Å². The smallest absolute Gasteiger partial charge is 0.312 e. The van der Waals surface area contributed by atoms with Gasteiger partial charge in [0, 0.05) is 42.2 Å². The van der Waals surface area contributed by atoms with E-state index in [0.29, 0.717) is 34.5 Å². The van der Waals surface area contributed by atoms with Crippen LogP contribution in [0.2, 0.25) is 5.02 Å². The Hall–Kier alpha value is -3.46. The van der Waals surface area contributed by atoms with Gasteiger partial charge in [-0.3, -0.25) is 14.5 Å². The van der Waals surface area contributed by atoms with Crippen molar-refractivity contribution >= 4 is 28.6 Å². The first-order valence-corrected chi connectivity index (χ1v) is 13.5. The molecule has 0 saturated heterocycles. The number of allylic oxidation sites excluding steroid dienone is 2. The van der Waals surface area contributed by atoms with Crippen molar-refractivity contribution in [1.82, 2.24) is 29.7 Å². The molecule has 1 N–H and O–H groups in total. The van der Waals surface area contributed by atoms with E-state index in [0.717, 1.165) is 34.8 Å². The molecule has 8 rings (SSSR count). The summed E-state index contributed by atoms with van der Waals surface area (Å²) in [5, 5.41) is 4.42. The molecule has 0 aromatic carbocycles. The lowest BCUT2D eigenvalue weighted by Crippen LogP contribution is -2.50. The fraction of sp³-hybridized carbons (Fsp3) is 0.444. The summed E-state index contributed by atoms with van der Waals surface area (Å²) in [6.07, 6.45) is 10.8. The average molecular weight is 516 g/mol. The Balaban J connectivity index is 1.42. The minimum atomic E-state index is -0.620. The predicted octanol–water partition coefficient (Wildman–Crippen LogP) is 5.18. The summed E-state index contributed by atoms with van der Waals surface area (Å²) in [5.74, 6) is 2.47. The van der Waals surface area contributed by atoms with Gasteiger partial charge in [0.1, 0.15) is 5.69 Å². The van der Waals surface area contributed by atoms with Gasteiger partial charge in [-0.05, 0) is 61.6 Å². The van der Waals surface area contributed by atoms with E-state index in [1.165, 1.54) is 38.5 Å². The van der Waals surface area contributed by atoms with Gasteiger partial charge in [-0.1, -0.05) is 30.1 Å². The Morgan fingerprint density at radius 1 is 1.14 bits per heavy atom. The number of anilines is 1. The van der Waals surface area contributed by atoms with Gasteiger partial charge >= 0.3 is 5.76 Å². The number of hydrogen-bond acceptors (Lipinski definition) is 7. The zero-order valence-corrected chi connectivity index (χ0v) is 21.2. The summed E-state index contributed by atoms with van der Waals surface area (Å²) in [6.45, 7) is 3.29. The number of nitrogens with zero attached hydrogens (tertiary/aromatic N) is 6. The van der Waals surface area contributed by atoms with Crippen LogP contribution < -0.4 is 10.7 Å². The summed E-state index contributed by atoms with van der Waals surface area (Å²) in [6, 6.07) is 4.26. The summed E-state index contributed by atoms with van der Waals surface area (Å²) >= 11 is 6.36. The van der Waals surface area contributed by atoms with Gasteiger partial charge in [0.05, 0.1) is 21.7 Å². The van der Waals surface area contributed by atoms with Crippen molar-refractivity contribution < 1.29 is 4.52 Å². The van der Waals surface area contributed by atoms with Crippen LogP contribution in [0.3, 0.4) is 0 Å². The van der Waals surface area contributed by atoms with E-state index in [9.17, 15) is 4.79 Å². The molecule has 0 bridgehead atoms. The molecule has 1 fully saturated rings. The van der Waals surface area contributed by atoms with E-state index in [2.05, 4.69) is 31.5 Å². The van der Waals surface area contributed by atoms with E-state index in [-0.39, 0.29) is 5.82 Å². The number of rotatable bonds is 2. The molecular weight excluding hydrogens is 490 g/mol. The van der Waals surface area contributed by atoms with E-state index in [1.54, 1.807) is 23.7 Å². The van der Waals surface area contributed by atoms with Crippen molar-refractivity contribution in [3.05, 3.63) is 51.4 Å². The van der Waals surface area contributed by atoms with Gasteiger partial charge < -0.3 is 9.47 Å². The van der Waals surface area contributed by atoms with Crippen LogP contribution >= 0.6 is 11.6 Å². The normalized spacial score (nSPS) is 26.4. The molecule has 0 spiro atoms. The molecule has 6 heterocycles. The van der Waals surface area contributed by atoms with Crippen molar-refractivity contribution in [2.75, 3.05) is 4.90 Å². The highest BCUT2D eigenvalue weighted by Gasteiger charge is 2.48. The van der Waals surface area contributed by atoms with E-state index >= 15 is 0 Å². The van der Waals surface area contributed by atoms with Crippen LogP contribution in [-0.2, 0) is 6.54 Å². The molecule has 37 heavy (non-hydrogen) atoms. The molecule has 0 radical (unpaired) electrons. The van der Waals surface area contributed by atoms with Crippen molar-refractivity contribution in [3.63, 3.8) is 0 Å². The molecule has 0 amide bonds. The Kier molecular flexibility index (Phi) is 4.54. The molecule has 2 unspecified atom stereocenters. The van der Waals surface area contributed by atoms with E-state index in [1.807, 2.05) is 12.1 Å². The van der Waals surface area contributed by atoms with Crippen LogP contribution in [0.4, 0.5) is 5.95 Å². The minimum absolute atomic E-state index is 0.274. The molecule has 4 aliphatic rings. The Morgan fingerprint density at radius 2 is 2.05 bits per heavy atom. The highest BCUT2D eigenvalue weighted by molar-refractivity contribution is 6.30. The number of hydrogen-bond donors (Lipinski definition) is 1. The topological polar surface area (TPSA) is 106 Å². The average Bonchev–Trinajstić information content (AvgIpc) is 3.63. The summed E-state index contributed by atoms with van der Waals surface area (Å²) < 4.78 is 7.15. The number of pyridine rings is 2. The molecule has 188 valence electrons. The molecule has 4 aromatic rings. The largest absolute Gasteiger partial charge is 0.439 e. The number of fused-ring (bicyclic) bond motifs is 6. The molecule has 2 aliphatic carbocycles. The lowest BCUT2D eigenvalue weighted by atomic mass is 9.72. The first kappa shape index (κ1) is 21.6. The predicted molar refractivity (Wildman–Crippen MR) is 139 cm³/mol. The number of aromatic amines is 1. The molecule has 4 atom stereocenters. The summed E-state index contributed by atoms with van der Waals surface area (Å²) in [5.41, 5.74) is 7.00. The molecule has 2 aliphatic heterocycles. The van der Waals surface area contributed by atoms with Crippen LogP contribution in [0.1, 0.15) is 45.4 Å². The van der Waals surface area contributed by atoms with Gasteiger partial charge in [-0.15, -0.1) is 0 Å². The number of imidazole rings is 1. The first-order chi connectivity index (χ1) is 18.0. The quantitative estimate of drug-likeness (QED) is 0.392. The Morgan fingerprint density at radius 3 is 2.89 bits per heavy atom. The van der Waals surface area contributed by atoms with Gasteiger partial charge in [0.25, 0.3) is 0 Å². The molecule has 1 saturated carbocycles. The maximum atomic E-state index is 11.7. The van der Waals surface area contributed by atoms with Crippen molar-refractivity contribution in [1.29, 1.82) is 0 Å². The van der Waals surface area contributed by atoms with Gasteiger partial charge in [0.2, 0.25) is 11.8 Å². The fourth-order valence-electron chi connectivity index (χ4n) is 7.35. The lowest BCUT2D eigenvalue weighted by Gasteiger charge is -2.50. The first-order valence-electron chi connectivity index (χ1n) is 13.2. The van der Waals surface area contributed by atoms with Gasteiger partial charge in [-0.2, -0.15) is 0 Å². The minimum Gasteiger partial charge on any atom is -0.312 e. The maximum absolute atomic E-state index is 11.7. The summed E-state index contributed by atoms with van der Waals surface area (Å²) in [7, 11) is 0. The second kappa shape index (κ2) is 7.77. The molecule has 9 nitrogen and oxygen atoms in total. The van der Waals surface area contributed by atoms with Crippen LogP contribution in [0.5, 0.6) is 0 Å². The fourth-order valence-corrected chi connectivity index (χ4v) is 7.52. The number of nitrogens with one attached hydrogen (secondary N) is 1. The number of aromatic nitrogens is 6. The Bertz CT molecular complexity index is 1670. The lowest BCUT2D eigenvalue weighted by molar-refractivity contribution is 0.296. The molecular formula is C27H26ClN7O2. The summed E-state index contributed by atoms with van der Waals surface area (Å²) in [4.78, 5) is 31.5. The highest BCUT2D eigenvalue weighted by atomic mass is 35.5. The van der Waals surface area contributed by atoms with Gasteiger partial charge in [-0.25, -0.2) is 14.8 Å². The second-order valence-electron chi connectivity index (χ2n) is 11.0. The number of halogens is 1. The van der Waals surface area contributed by atoms with E-state index in [4.69, 9.17) is 26.1 Å². The third-order valence-corrected chi connectivity index (χ3v) is 9.14. The van der Waals surface area contributed by atoms with Crippen molar-refractivity contribution in [2.24, 2.45) is 17.8 Å². The van der Waals surface area contributed by atoms with Crippen LogP contribution in [-0.4, -0.2) is 35.7 Å². The molecule has 4 aromatic heterocycles. The monoisotopic (exact) mass is 515 g/mol. The molecule has 10 heteroatoms. The third kappa shape index (κ3) is 3.13. The number of H-pyrrole nitrogens is 1. The SMILES string of the molecule is C[C@@H]1CC[C@H]2Cn3c(nc4cc(-c5noc(=O)[nH]5)nc(-c5cncc(Cl)c5)c43)N3C2=C1CC1CCCC13. The van der Waals surface area contributed by atoms with E-state index < -0.39 is 5.76 Å². The van der Waals surface area contributed by atoms with Crippen LogP contribution in [0, 0.1) is 17.8 Å². The van der Waals surface area contributed by atoms with Crippen LogP contribution in [0.25, 0.3) is 33.8 Å². The van der Waals surface area contributed by atoms with Gasteiger partial charge in [0.15, 0.2) is 0 Å². The third-order valence-electron chi connectivity index (χ3n) is 8.94. The standard InChI is InChI=1S/C27H26ClN7O2/c1-13-5-6-15-12-34-24-19(31-26(34)35-21-4-2-3-14(21)8-18(13)23(15)35)9-20(25-32-27(36)37-33-25)30-22(24)16-7-17(28)11-29-10-16/h7,9-11,13-15,21H,2-6,8,12H2,1H3,(H,32,33,36)/t13-,14?,15+,21?/m1/s1. The zero-order chi connectivity index (χ0) is 24.8. The second-order valence-corrected chi connectivity index (χ2v) is 11.4. The zero-order valence-electron chi connectivity index (χ0n) is 20.4.